The van der Waals surface area contributed by atoms with Gasteiger partial charge in [0, 0.05) is 25.5 Å². The first kappa shape index (κ1) is 13.7. The van der Waals surface area contributed by atoms with Crippen molar-refractivity contribution in [3.05, 3.63) is 36.1 Å². The summed E-state index contributed by atoms with van der Waals surface area (Å²) in [5.41, 5.74) is 1.54. The Morgan fingerprint density at radius 1 is 1.32 bits per heavy atom. The number of benzene rings is 1. The SMILES string of the molecule is CN=C(NCc1cc2ccccc2o1)N1CCC2(CCC2)C1. The monoisotopic (exact) mass is 297 g/mol. The highest BCUT2D eigenvalue weighted by Gasteiger charge is 2.43. The van der Waals surface area contributed by atoms with Gasteiger partial charge in [0.2, 0.25) is 0 Å². The van der Waals surface area contributed by atoms with E-state index in [1.54, 1.807) is 0 Å². The topological polar surface area (TPSA) is 40.8 Å². The second kappa shape index (κ2) is 5.34. The van der Waals surface area contributed by atoms with Crippen LogP contribution in [0.1, 0.15) is 31.4 Å². The molecule has 2 fully saturated rings. The summed E-state index contributed by atoms with van der Waals surface area (Å²) >= 11 is 0. The van der Waals surface area contributed by atoms with E-state index in [-0.39, 0.29) is 0 Å². The van der Waals surface area contributed by atoms with Gasteiger partial charge in [-0.15, -0.1) is 0 Å². The summed E-state index contributed by atoms with van der Waals surface area (Å²) in [7, 11) is 1.87. The van der Waals surface area contributed by atoms with Gasteiger partial charge in [0.25, 0.3) is 0 Å². The Morgan fingerprint density at radius 3 is 2.86 bits per heavy atom. The lowest BCUT2D eigenvalue weighted by Crippen LogP contribution is -2.42. The van der Waals surface area contributed by atoms with E-state index in [9.17, 15) is 0 Å². The number of rotatable bonds is 2. The maximum Gasteiger partial charge on any atom is 0.194 e. The van der Waals surface area contributed by atoms with Gasteiger partial charge in [0.1, 0.15) is 11.3 Å². The van der Waals surface area contributed by atoms with Crippen LogP contribution in [0, 0.1) is 5.41 Å². The lowest BCUT2D eigenvalue weighted by molar-refractivity contribution is 0.151. The molecule has 0 radical (unpaired) electrons. The molecule has 4 heteroatoms. The van der Waals surface area contributed by atoms with Crippen LogP contribution in [-0.2, 0) is 6.54 Å². The molecule has 1 spiro atoms. The molecule has 116 valence electrons. The van der Waals surface area contributed by atoms with Crippen LogP contribution in [0.2, 0.25) is 0 Å². The molecule has 0 atom stereocenters. The third kappa shape index (κ3) is 2.36. The highest BCUT2D eigenvalue weighted by atomic mass is 16.3. The van der Waals surface area contributed by atoms with Gasteiger partial charge in [-0.1, -0.05) is 24.6 Å². The number of aliphatic imine (C=N–C) groups is 1. The van der Waals surface area contributed by atoms with Gasteiger partial charge < -0.3 is 14.6 Å². The minimum Gasteiger partial charge on any atom is -0.459 e. The number of likely N-dealkylation sites (tertiary alicyclic amines) is 1. The molecule has 2 aliphatic rings. The van der Waals surface area contributed by atoms with E-state index in [4.69, 9.17) is 4.42 Å². The van der Waals surface area contributed by atoms with Crippen LogP contribution >= 0.6 is 0 Å². The highest BCUT2D eigenvalue weighted by Crippen LogP contribution is 2.47. The van der Waals surface area contributed by atoms with Crippen LogP contribution in [-0.4, -0.2) is 31.0 Å². The van der Waals surface area contributed by atoms with E-state index in [2.05, 4.69) is 27.3 Å². The molecule has 2 heterocycles. The minimum absolute atomic E-state index is 0.594. The number of hydrogen-bond acceptors (Lipinski definition) is 2. The summed E-state index contributed by atoms with van der Waals surface area (Å²) in [5, 5.41) is 4.61. The molecule has 1 aromatic carbocycles. The average molecular weight is 297 g/mol. The maximum atomic E-state index is 5.86. The molecule has 1 N–H and O–H groups in total. The highest BCUT2D eigenvalue weighted by molar-refractivity contribution is 5.81. The molecule has 0 amide bonds. The van der Waals surface area contributed by atoms with Crippen molar-refractivity contribution in [3.8, 4) is 0 Å². The predicted molar refractivity (Wildman–Crippen MR) is 88.9 cm³/mol. The zero-order chi connectivity index (χ0) is 15.0. The Hall–Kier alpha value is -1.97. The predicted octanol–water partition coefficient (Wildman–Crippen LogP) is 3.38. The maximum absolute atomic E-state index is 5.86. The Balaban J connectivity index is 1.41. The van der Waals surface area contributed by atoms with E-state index in [0.717, 1.165) is 35.8 Å². The third-order valence-electron chi connectivity index (χ3n) is 5.26. The quantitative estimate of drug-likeness (QED) is 0.682. The number of fused-ring (bicyclic) bond motifs is 1. The van der Waals surface area contributed by atoms with Crippen molar-refractivity contribution in [3.63, 3.8) is 0 Å². The minimum atomic E-state index is 0.594. The van der Waals surface area contributed by atoms with Crippen molar-refractivity contribution in [1.29, 1.82) is 0 Å². The molecule has 2 aromatic rings. The average Bonchev–Trinajstić information content (AvgIpc) is 3.11. The summed E-state index contributed by atoms with van der Waals surface area (Å²) in [6.07, 6.45) is 5.51. The fourth-order valence-corrected chi connectivity index (χ4v) is 3.82. The molecule has 1 saturated heterocycles. The summed E-state index contributed by atoms with van der Waals surface area (Å²) < 4.78 is 5.86. The van der Waals surface area contributed by atoms with Crippen LogP contribution in [0.5, 0.6) is 0 Å². The normalized spacial score (nSPS) is 20.6. The van der Waals surface area contributed by atoms with Crippen molar-refractivity contribution in [2.45, 2.75) is 32.2 Å². The second-order valence-electron chi connectivity index (χ2n) is 6.68. The first-order chi connectivity index (χ1) is 10.8. The fraction of sp³-hybridized carbons (Fsp3) is 0.500. The summed E-state index contributed by atoms with van der Waals surface area (Å²) in [5.74, 6) is 1.96. The van der Waals surface area contributed by atoms with Crippen molar-refractivity contribution < 1.29 is 4.42 Å². The van der Waals surface area contributed by atoms with Gasteiger partial charge in [-0.05, 0) is 36.8 Å². The largest absolute Gasteiger partial charge is 0.459 e. The van der Waals surface area contributed by atoms with Gasteiger partial charge in [-0.3, -0.25) is 4.99 Å². The van der Waals surface area contributed by atoms with Gasteiger partial charge in [-0.25, -0.2) is 0 Å². The van der Waals surface area contributed by atoms with Gasteiger partial charge in [0.05, 0.1) is 6.54 Å². The van der Waals surface area contributed by atoms with Crippen molar-refractivity contribution >= 4 is 16.9 Å². The van der Waals surface area contributed by atoms with Crippen LogP contribution in [0.25, 0.3) is 11.0 Å². The number of nitrogens with zero attached hydrogens (tertiary/aromatic N) is 2. The summed E-state index contributed by atoms with van der Waals surface area (Å²) in [6, 6.07) is 10.2. The van der Waals surface area contributed by atoms with Crippen LogP contribution in [0.4, 0.5) is 0 Å². The number of hydrogen-bond donors (Lipinski definition) is 1. The molecule has 1 aromatic heterocycles. The Morgan fingerprint density at radius 2 is 2.18 bits per heavy atom. The Kier molecular flexibility index (Phi) is 3.32. The molecule has 1 aliphatic heterocycles. The molecule has 4 rings (SSSR count). The molecule has 4 nitrogen and oxygen atoms in total. The lowest BCUT2D eigenvalue weighted by atomic mass is 9.68. The lowest BCUT2D eigenvalue weighted by Gasteiger charge is -2.38. The number of para-hydroxylation sites is 1. The molecule has 0 unspecified atom stereocenters. The standard InChI is InChI=1S/C18H23N3O/c1-19-17(21-10-9-18(13-21)7-4-8-18)20-12-15-11-14-5-2-3-6-16(14)22-15/h2-3,5-6,11H,4,7-10,12-13H2,1H3,(H,19,20). The van der Waals surface area contributed by atoms with E-state index in [0.29, 0.717) is 12.0 Å². The van der Waals surface area contributed by atoms with Gasteiger partial charge in [0.15, 0.2) is 5.96 Å². The van der Waals surface area contributed by atoms with Crippen molar-refractivity contribution in [2.75, 3.05) is 20.1 Å². The van der Waals surface area contributed by atoms with Crippen LogP contribution < -0.4 is 5.32 Å². The third-order valence-corrected chi connectivity index (χ3v) is 5.26. The van der Waals surface area contributed by atoms with Crippen LogP contribution in [0.3, 0.4) is 0 Å². The van der Waals surface area contributed by atoms with Crippen LogP contribution in [0.15, 0.2) is 39.7 Å². The molecular formula is C18H23N3O. The molecule has 1 aliphatic carbocycles. The molecule has 22 heavy (non-hydrogen) atoms. The second-order valence-corrected chi connectivity index (χ2v) is 6.68. The number of furan rings is 1. The molecular weight excluding hydrogens is 274 g/mol. The van der Waals surface area contributed by atoms with Gasteiger partial charge >= 0.3 is 0 Å². The van der Waals surface area contributed by atoms with E-state index < -0.39 is 0 Å². The first-order valence-corrected chi connectivity index (χ1v) is 8.21. The van der Waals surface area contributed by atoms with E-state index in [1.165, 1.54) is 25.7 Å². The fourth-order valence-electron chi connectivity index (χ4n) is 3.82. The van der Waals surface area contributed by atoms with E-state index in [1.807, 2.05) is 25.2 Å². The van der Waals surface area contributed by atoms with E-state index >= 15 is 0 Å². The summed E-state index contributed by atoms with van der Waals surface area (Å²) in [4.78, 5) is 6.86. The van der Waals surface area contributed by atoms with Gasteiger partial charge in [-0.2, -0.15) is 0 Å². The first-order valence-electron chi connectivity index (χ1n) is 8.21. The Bertz CT molecular complexity index is 666. The zero-order valence-electron chi connectivity index (χ0n) is 13.1. The number of nitrogens with one attached hydrogen (secondary N) is 1. The summed E-state index contributed by atoms with van der Waals surface area (Å²) in [6.45, 7) is 2.97. The number of guanidine groups is 1. The zero-order valence-corrected chi connectivity index (χ0v) is 13.1. The molecule has 0 bridgehead atoms. The Labute approximate surface area is 131 Å². The smallest absolute Gasteiger partial charge is 0.194 e. The van der Waals surface area contributed by atoms with Crippen molar-refractivity contribution in [1.82, 2.24) is 10.2 Å². The molecule has 1 saturated carbocycles. The van der Waals surface area contributed by atoms with Crippen molar-refractivity contribution in [2.24, 2.45) is 10.4 Å².